The molecule has 8 heteroatoms. The van der Waals surface area contributed by atoms with Crippen molar-refractivity contribution in [1.82, 2.24) is 0 Å². The predicted molar refractivity (Wildman–Crippen MR) is 71.7 cm³/mol. The minimum atomic E-state index is -2.26. The molecule has 8 atom stereocenters. The van der Waals surface area contributed by atoms with E-state index in [4.69, 9.17) is 9.47 Å². The predicted octanol–water partition coefficient (Wildman–Crippen LogP) is -1.91. The molecule has 0 unspecified atom stereocenters. The molecule has 4 aliphatic rings. The Morgan fingerprint density at radius 1 is 1.22 bits per heavy atom. The first-order valence-corrected chi connectivity index (χ1v) is 7.76. The van der Waals surface area contributed by atoms with E-state index in [0.29, 0.717) is 0 Å². The highest BCUT2D eigenvalue weighted by atomic mass is 16.6. The zero-order valence-corrected chi connectivity index (χ0v) is 12.9. The van der Waals surface area contributed by atoms with Crippen LogP contribution >= 0.6 is 0 Å². The van der Waals surface area contributed by atoms with E-state index in [1.54, 1.807) is 6.92 Å². The maximum atomic E-state index is 12.2. The number of fused-ring (bicyclic) bond motifs is 4. The number of esters is 2. The second kappa shape index (κ2) is 3.88. The lowest BCUT2D eigenvalue weighted by Crippen LogP contribution is -2.82. The highest BCUT2D eigenvalue weighted by molar-refractivity contribution is 5.87. The molecule has 2 heterocycles. The molecule has 0 aromatic rings. The third-order valence-electron chi connectivity index (χ3n) is 7.09. The SMILES string of the molecule is C[C@@H]1C[C@@H](O)[C@]2(O)[C@@]13C[C@@H](OC(=O)[C@@H]3O)[C@]1(O)C(=O)OC[C@]21C. The zero-order valence-electron chi connectivity index (χ0n) is 12.9. The number of rotatable bonds is 0. The van der Waals surface area contributed by atoms with E-state index in [9.17, 15) is 30.0 Å². The molecule has 4 fully saturated rings. The Labute approximate surface area is 132 Å². The highest BCUT2D eigenvalue weighted by Crippen LogP contribution is 2.71. The monoisotopic (exact) mass is 328 g/mol. The zero-order chi connectivity index (χ0) is 17.0. The molecule has 0 aromatic heterocycles. The summed E-state index contributed by atoms with van der Waals surface area (Å²) in [7, 11) is 0. The van der Waals surface area contributed by atoms with E-state index in [2.05, 4.69) is 0 Å². The summed E-state index contributed by atoms with van der Waals surface area (Å²) >= 11 is 0. The van der Waals surface area contributed by atoms with Crippen LogP contribution in [0.1, 0.15) is 26.7 Å². The van der Waals surface area contributed by atoms with Gasteiger partial charge >= 0.3 is 11.9 Å². The van der Waals surface area contributed by atoms with Gasteiger partial charge in [0, 0.05) is 5.41 Å². The molecule has 0 radical (unpaired) electrons. The van der Waals surface area contributed by atoms with Gasteiger partial charge in [-0.25, -0.2) is 9.59 Å². The first-order chi connectivity index (χ1) is 10.6. The van der Waals surface area contributed by atoms with Crippen LogP contribution in [-0.2, 0) is 19.1 Å². The fourth-order valence-corrected chi connectivity index (χ4v) is 5.77. The van der Waals surface area contributed by atoms with Crippen molar-refractivity contribution >= 4 is 11.9 Å². The Morgan fingerprint density at radius 2 is 1.87 bits per heavy atom. The smallest absolute Gasteiger partial charge is 0.342 e. The molecule has 0 aromatic carbocycles. The summed E-state index contributed by atoms with van der Waals surface area (Å²) in [5, 5.41) is 43.7. The van der Waals surface area contributed by atoms with E-state index in [-0.39, 0.29) is 19.4 Å². The first kappa shape index (κ1) is 15.3. The molecule has 2 aliphatic heterocycles. The number of ether oxygens (including phenoxy) is 2. The van der Waals surface area contributed by atoms with Crippen molar-refractivity contribution in [2.45, 2.75) is 56.2 Å². The van der Waals surface area contributed by atoms with Gasteiger partial charge in [0.15, 0.2) is 6.10 Å². The van der Waals surface area contributed by atoms with Crippen LogP contribution in [0.25, 0.3) is 0 Å². The minimum Gasteiger partial charge on any atom is -0.463 e. The van der Waals surface area contributed by atoms with Gasteiger partial charge < -0.3 is 29.9 Å². The standard InChI is InChI=1S/C15H20O8/c1-6-3-7(16)15(21)12(2)5-22-11(19)14(12,20)8-4-13(6,15)9(17)10(18)23-8/h6-9,16-17,20-21H,3-5H2,1-2H3/t6-,7-,8-,9+,12+,13+,14+,15-/m1/s1. The van der Waals surface area contributed by atoms with E-state index in [1.165, 1.54) is 6.92 Å². The van der Waals surface area contributed by atoms with Crippen molar-refractivity contribution in [3.63, 3.8) is 0 Å². The second-order valence-corrected chi connectivity index (χ2v) is 7.67. The van der Waals surface area contributed by atoms with Crippen molar-refractivity contribution in [1.29, 1.82) is 0 Å². The van der Waals surface area contributed by atoms with Gasteiger partial charge in [0.1, 0.15) is 18.3 Å². The maximum absolute atomic E-state index is 12.2. The normalized spacial score (nSPS) is 60.8. The van der Waals surface area contributed by atoms with Crippen molar-refractivity contribution in [3.05, 3.63) is 0 Å². The second-order valence-electron chi connectivity index (χ2n) is 7.67. The lowest BCUT2D eigenvalue weighted by molar-refractivity contribution is -0.333. The number of carbonyl (C=O) groups excluding carboxylic acids is 2. The largest absolute Gasteiger partial charge is 0.463 e. The third kappa shape index (κ3) is 1.18. The Hall–Kier alpha value is -1.22. The van der Waals surface area contributed by atoms with Crippen molar-refractivity contribution < 1.29 is 39.5 Å². The summed E-state index contributed by atoms with van der Waals surface area (Å²) < 4.78 is 10.1. The van der Waals surface area contributed by atoms with Crippen LogP contribution in [0.15, 0.2) is 0 Å². The summed E-state index contributed by atoms with van der Waals surface area (Å²) in [5.74, 6) is -2.40. The summed E-state index contributed by atoms with van der Waals surface area (Å²) in [6.07, 6.45) is -4.17. The molecular weight excluding hydrogens is 308 g/mol. The van der Waals surface area contributed by atoms with Crippen LogP contribution in [0.3, 0.4) is 0 Å². The molecule has 2 bridgehead atoms. The summed E-state index contributed by atoms with van der Waals surface area (Å²) in [6.45, 7) is 2.84. The molecule has 2 aliphatic carbocycles. The van der Waals surface area contributed by atoms with Gasteiger partial charge in [0.05, 0.1) is 11.5 Å². The number of carbonyl (C=O) groups is 2. The van der Waals surface area contributed by atoms with Crippen LogP contribution in [0.2, 0.25) is 0 Å². The van der Waals surface area contributed by atoms with Gasteiger partial charge in [-0.2, -0.15) is 0 Å². The number of aliphatic hydroxyl groups excluding tert-OH is 2. The minimum absolute atomic E-state index is 0.115. The lowest BCUT2D eigenvalue weighted by Gasteiger charge is -2.64. The van der Waals surface area contributed by atoms with Gasteiger partial charge in [-0.05, 0) is 25.7 Å². The molecule has 2 saturated heterocycles. The summed E-state index contributed by atoms with van der Waals surface area (Å²) in [4.78, 5) is 24.4. The van der Waals surface area contributed by atoms with E-state index < -0.39 is 58.2 Å². The van der Waals surface area contributed by atoms with Crippen molar-refractivity contribution in [2.75, 3.05) is 6.61 Å². The molecule has 4 rings (SSSR count). The van der Waals surface area contributed by atoms with Gasteiger partial charge in [0.2, 0.25) is 5.60 Å². The summed E-state index contributed by atoms with van der Waals surface area (Å²) in [5.41, 5.74) is -7.32. The van der Waals surface area contributed by atoms with Crippen LogP contribution < -0.4 is 0 Å². The van der Waals surface area contributed by atoms with E-state index in [1.807, 2.05) is 0 Å². The average Bonchev–Trinajstić information content (AvgIpc) is 2.85. The molecule has 4 N–H and O–H groups in total. The van der Waals surface area contributed by atoms with Crippen molar-refractivity contribution in [3.8, 4) is 0 Å². The average molecular weight is 328 g/mol. The molecule has 8 nitrogen and oxygen atoms in total. The Balaban J connectivity index is 2.04. The fourth-order valence-electron chi connectivity index (χ4n) is 5.77. The molecule has 23 heavy (non-hydrogen) atoms. The van der Waals surface area contributed by atoms with Crippen LogP contribution in [0, 0.1) is 16.7 Å². The van der Waals surface area contributed by atoms with Gasteiger partial charge in [-0.15, -0.1) is 0 Å². The molecular formula is C15H20O8. The van der Waals surface area contributed by atoms with Crippen LogP contribution in [-0.4, -0.2) is 68.5 Å². The maximum Gasteiger partial charge on any atom is 0.342 e. The number of hydrogen-bond acceptors (Lipinski definition) is 8. The fraction of sp³-hybridized carbons (Fsp3) is 0.867. The molecule has 2 saturated carbocycles. The Morgan fingerprint density at radius 3 is 2.52 bits per heavy atom. The number of cyclic esters (lactones) is 1. The molecule has 1 spiro atoms. The van der Waals surface area contributed by atoms with Gasteiger partial charge in [0.25, 0.3) is 0 Å². The molecule has 128 valence electrons. The molecule has 0 amide bonds. The third-order valence-corrected chi connectivity index (χ3v) is 7.09. The van der Waals surface area contributed by atoms with Gasteiger partial charge in [-0.3, -0.25) is 0 Å². The lowest BCUT2D eigenvalue weighted by atomic mass is 9.44. The number of hydrogen-bond donors (Lipinski definition) is 4. The van der Waals surface area contributed by atoms with E-state index >= 15 is 0 Å². The Bertz CT molecular complexity index is 621. The van der Waals surface area contributed by atoms with E-state index in [0.717, 1.165) is 0 Å². The van der Waals surface area contributed by atoms with Crippen molar-refractivity contribution in [2.24, 2.45) is 16.7 Å². The first-order valence-electron chi connectivity index (χ1n) is 7.76. The number of aliphatic hydroxyl groups is 4. The quantitative estimate of drug-likeness (QED) is 0.379. The summed E-state index contributed by atoms with van der Waals surface area (Å²) in [6, 6.07) is 0. The van der Waals surface area contributed by atoms with Crippen LogP contribution in [0.5, 0.6) is 0 Å². The van der Waals surface area contributed by atoms with Crippen LogP contribution in [0.4, 0.5) is 0 Å². The highest BCUT2D eigenvalue weighted by Gasteiger charge is 2.87. The van der Waals surface area contributed by atoms with Gasteiger partial charge in [-0.1, -0.05) is 6.92 Å². The Kier molecular flexibility index (Phi) is 2.58. The topological polar surface area (TPSA) is 134 Å².